The molecule has 0 saturated heterocycles. The van der Waals surface area contributed by atoms with Gasteiger partial charge in [-0.25, -0.2) is 9.97 Å². The van der Waals surface area contributed by atoms with Crippen LogP contribution in [0.5, 0.6) is 0 Å². The van der Waals surface area contributed by atoms with E-state index in [9.17, 15) is 4.79 Å². The highest BCUT2D eigenvalue weighted by atomic mass is 16.1. The molecule has 0 bridgehead atoms. The summed E-state index contributed by atoms with van der Waals surface area (Å²) in [6.45, 7) is 4.14. The molecule has 0 N–H and O–H groups in total. The highest BCUT2D eigenvalue weighted by Gasteiger charge is 2.23. The standard InChI is InChI=1S/C15H17N5O/c1-10(2)13(14-17-6-7-19(14)3)20-9-18-12-8-16-5-4-11(12)15(20)21/h4-10,13H,1-3H3. The Labute approximate surface area is 122 Å². The highest BCUT2D eigenvalue weighted by Crippen LogP contribution is 2.23. The molecule has 108 valence electrons. The zero-order valence-electron chi connectivity index (χ0n) is 12.3. The van der Waals surface area contributed by atoms with E-state index in [0.717, 1.165) is 5.82 Å². The van der Waals surface area contributed by atoms with E-state index in [2.05, 4.69) is 28.8 Å². The molecular formula is C15H17N5O. The van der Waals surface area contributed by atoms with Gasteiger partial charge >= 0.3 is 0 Å². The van der Waals surface area contributed by atoms with E-state index in [-0.39, 0.29) is 17.5 Å². The number of aromatic nitrogens is 5. The maximum atomic E-state index is 12.7. The van der Waals surface area contributed by atoms with E-state index in [1.165, 1.54) is 0 Å². The van der Waals surface area contributed by atoms with Crippen LogP contribution in [0.4, 0.5) is 0 Å². The van der Waals surface area contributed by atoms with E-state index in [0.29, 0.717) is 10.9 Å². The summed E-state index contributed by atoms with van der Waals surface area (Å²) in [5.41, 5.74) is 0.546. The fraction of sp³-hybridized carbons (Fsp3) is 0.333. The van der Waals surface area contributed by atoms with Gasteiger partial charge in [0.15, 0.2) is 0 Å². The second-order valence-corrected chi connectivity index (χ2v) is 5.44. The third-order valence-corrected chi connectivity index (χ3v) is 3.64. The molecule has 0 spiro atoms. The van der Waals surface area contributed by atoms with E-state index in [4.69, 9.17) is 0 Å². The molecule has 3 rings (SSSR count). The van der Waals surface area contributed by atoms with Crippen molar-refractivity contribution in [1.29, 1.82) is 0 Å². The zero-order valence-corrected chi connectivity index (χ0v) is 12.3. The van der Waals surface area contributed by atoms with Crippen molar-refractivity contribution in [1.82, 2.24) is 24.1 Å². The van der Waals surface area contributed by atoms with E-state index >= 15 is 0 Å². The molecule has 0 aliphatic carbocycles. The van der Waals surface area contributed by atoms with Crippen LogP contribution in [0.25, 0.3) is 10.9 Å². The van der Waals surface area contributed by atoms with Crippen molar-refractivity contribution in [3.05, 3.63) is 53.4 Å². The zero-order chi connectivity index (χ0) is 15.0. The Kier molecular flexibility index (Phi) is 3.29. The topological polar surface area (TPSA) is 65.6 Å². The van der Waals surface area contributed by atoms with Crippen LogP contribution in [-0.4, -0.2) is 24.1 Å². The molecule has 0 aliphatic rings. The van der Waals surface area contributed by atoms with Gasteiger partial charge in [-0.15, -0.1) is 0 Å². The predicted molar refractivity (Wildman–Crippen MR) is 80.0 cm³/mol. The molecule has 3 aromatic heterocycles. The van der Waals surface area contributed by atoms with Crippen molar-refractivity contribution in [3.63, 3.8) is 0 Å². The molecule has 6 nitrogen and oxygen atoms in total. The first kappa shape index (κ1) is 13.5. The van der Waals surface area contributed by atoms with Gasteiger partial charge in [-0.3, -0.25) is 14.3 Å². The molecule has 21 heavy (non-hydrogen) atoms. The largest absolute Gasteiger partial charge is 0.336 e. The van der Waals surface area contributed by atoms with Crippen molar-refractivity contribution in [3.8, 4) is 0 Å². The van der Waals surface area contributed by atoms with Crippen molar-refractivity contribution in [2.45, 2.75) is 19.9 Å². The maximum absolute atomic E-state index is 12.7. The monoisotopic (exact) mass is 283 g/mol. The molecule has 1 unspecified atom stereocenters. The molecule has 0 aliphatic heterocycles. The summed E-state index contributed by atoms with van der Waals surface area (Å²) in [6.07, 6.45) is 8.43. The molecule has 0 saturated carbocycles. The summed E-state index contributed by atoms with van der Waals surface area (Å²) >= 11 is 0. The Morgan fingerprint density at radius 3 is 2.67 bits per heavy atom. The smallest absolute Gasteiger partial charge is 0.261 e. The fourth-order valence-corrected chi connectivity index (χ4v) is 2.59. The third kappa shape index (κ3) is 2.22. The quantitative estimate of drug-likeness (QED) is 0.735. The van der Waals surface area contributed by atoms with Gasteiger partial charge in [0.25, 0.3) is 5.56 Å². The summed E-state index contributed by atoms with van der Waals surface area (Å²) in [5, 5.41) is 0.576. The van der Waals surface area contributed by atoms with Gasteiger partial charge in [0.1, 0.15) is 5.82 Å². The molecule has 0 radical (unpaired) electrons. The number of pyridine rings is 1. The Morgan fingerprint density at radius 2 is 2.00 bits per heavy atom. The van der Waals surface area contributed by atoms with Crippen molar-refractivity contribution >= 4 is 10.9 Å². The Morgan fingerprint density at radius 1 is 1.19 bits per heavy atom. The van der Waals surface area contributed by atoms with Gasteiger partial charge in [-0.2, -0.15) is 0 Å². The van der Waals surface area contributed by atoms with Gasteiger partial charge < -0.3 is 4.57 Å². The van der Waals surface area contributed by atoms with Gasteiger partial charge in [0.2, 0.25) is 0 Å². The summed E-state index contributed by atoms with van der Waals surface area (Å²) in [7, 11) is 1.93. The Balaban J connectivity index is 2.24. The van der Waals surface area contributed by atoms with Crippen LogP contribution in [0.1, 0.15) is 25.7 Å². The molecular weight excluding hydrogens is 266 g/mol. The van der Waals surface area contributed by atoms with Crippen LogP contribution < -0.4 is 5.56 Å². The maximum Gasteiger partial charge on any atom is 0.261 e. The average molecular weight is 283 g/mol. The molecule has 0 aromatic carbocycles. The first-order chi connectivity index (χ1) is 10.1. The highest BCUT2D eigenvalue weighted by molar-refractivity contribution is 5.75. The number of fused-ring (bicyclic) bond motifs is 1. The summed E-state index contributed by atoms with van der Waals surface area (Å²) < 4.78 is 3.60. The lowest BCUT2D eigenvalue weighted by Gasteiger charge is -2.23. The van der Waals surface area contributed by atoms with Crippen LogP contribution in [0.2, 0.25) is 0 Å². The summed E-state index contributed by atoms with van der Waals surface area (Å²) in [4.78, 5) is 25.5. The average Bonchev–Trinajstić information content (AvgIpc) is 2.88. The van der Waals surface area contributed by atoms with Crippen LogP contribution in [0.15, 0.2) is 42.0 Å². The van der Waals surface area contributed by atoms with Crippen LogP contribution in [0.3, 0.4) is 0 Å². The number of imidazole rings is 1. The van der Waals surface area contributed by atoms with Gasteiger partial charge in [-0.1, -0.05) is 13.8 Å². The summed E-state index contributed by atoms with van der Waals surface area (Å²) in [6, 6.07) is 1.55. The first-order valence-corrected chi connectivity index (χ1v) is 6.87. The lowest BCUT2D eigenvalue weighted by atomic mass is 10.0. The minimum Gasteiger partial charge on any atom is -0.336 e. The fourth-order valence-electron chi connectivity index (χ4n) is 2.59. The Hall–Kier alpha value is -2.50. The predicted octanol–water partition coefficient (Wildman–Crippen LogP) is 1.77. The molecule has 3 aromatic rings. The molecule has 0 fully saturated rings. The number of nitrogens with zero attached hydrogens (tertiary/aromatic N) is 5. The van der Waals surface area contributed by atoms with Gasteiger partial charge in [0, 0.05) is 25.6 Å². The van der Waals surface area contributed by atoms with Crippen molar-refractivity contribution in [2.75, 3.05) is 0 Å². The molecule has 0 amide bonds. The Bertz CT molecular complexity index is 833. The van der Waals surface area contributed by atoms with Crippen molar-refractivity contribution < 1.29 is 0 Å². The lowest BCUT2D eigenvalue weighted by Crippen LogP contribution is -2.30. The molecule has 6 heteroatoms. The number of rotatable bonds is 3. The van der Waals surface area contributed by atoms with E-state index in [1.54, 1.807) is 35.6 Å². The van der Waals surface area contributed by atoms with Gasteiger partial charge in [0.05, 0.1) is 29.5 Å². The minimum atomic E-state index is -0.150. The SMILES string of the molecule is CC(C)C(c1nccn1C)n1cnc2cnccc2c1=O. The first-order valence-electron chi connectivity index (χ1n) is 6.87. The number of hydrogen-bond acceptors (Lipinski definition) is 4. The second-order valence-electron chi connectivity index (χ2n) is 5.44. The normalized spacial score (nSPS) is 13.0. The lowest BCUT2D eigenvalue weighted by molar-refractivity contribution is 0.397. The van der Waals surface area contributed by atoms with Crippen LogP contribution in [0, 0.1) is 5.92 Å². The third-order valence-electron chi connectivity index (χ3n) is 3.64. The van der Waals surface area contributed by atoms with Gasteiger partial charge in [-0.05, 0) is 12.0 Å². The number of hydrogen-bond donors (Lipinski definition) is 0. The number of aryl methyl sites for hydroxylation is 1. The second kappa shape index (κ2) is 5.12. The van der Waals surface area contributed by atoms with E-state index in [1.807, 2.05) is 17.8 Å². The summed E-state index contributed by atoms with van der Waals surface area (Å²) in [5.74, 6) is 1.06. The van der Waals surface area contributed by atoms with E-state index < -0.39 is 0 Å². The van der Waals surface area contributed by atoms with Crippen LogP contribution >= 0.6 is 0 Å². The van der Waals surface area contributed by atoms with Crippen molar-refractivity contribution in [2.24, 2.45) is 13.0 Å². The molecule has 3 heterocycles. The minimum absolute atomic E-state index is 0.0656. The van der Waals surface area contributed by atoms with Crippen LogP contribution in [-0.2, 0) is 7.05 Å². The molecule has 1 atom stereocenters.